The highest BCUT2D eigenvalue weighted by molar-refractivity contribution is 5.02. The fourth-order valence-electron chi connectivity index (χ4n) is 2.38. The molecule has 0 N–H and O–H groups in total. The van der Waals surface area contributed by atoms with Crippen LogP contribution in [0.5, 0.6) is 0 Å². The lowest BCUT2D eigenvalue weighted by Gasteiger charge is -2.25. The van der Waals surface area contributed by atoms with Gasteiger partial charge in [0.1, 0.15) is 0 Å². The molecule has 1 unspecified atom stereocenters. The Morgan fingerprint density at radius 1 is 1.19 bits per heavy atom. The largest absolute Gasteiger partial charge is 0.374 e. The van der Waals surface area contributed by atoms with Crippen molar-refractivity contribution in [1.29, 1.82) is 0 Å². The second-order valence-electron chi connectivity index (χ2n) is 5.74. The highest BCUT2D eigenvalue weighted by Crippen LogP contribution is 2.29. The van der Waals surface area contributed by atoms with E-state index in [4.69, 9.17) is 4.74 Å². The zero-order chi connectivity index (χ0) is 12.0. The van der Waals surface area contributed by atoms with Crippen LogP contribution in [0.15, 0.2) is 12.2 Å². The van der Waals surface area contributed by atoms with E-state index in [9.17, 15) is 0 Å². The lowest BCUT2D eigenvalue weighted by molar-refractivity contribution is 0.0656. The van der Waals surface area contributed by atoms with Crippen LogP contribution in [-0.2, 0) is 4.74 Å². The molecule has 1 nitrogen and oxygen atoms in total. The Balaban J connectivity index is 2.22. The van der Waals surface area contributed by atoms with Gasteiger partial charge in [0.25, 0.3) is 0 Å². The third kappa shape index (κ3) is 5.16. The van der Waals surface area contributed by atoms with Crippen molar-refractivity contribution >= 4 is 0 Å². The summed E-state index contributed by atoms with van der Waals surface area (Å²) >= 11 is 0. The van der Waals surface area contributed by atoms with E-state index in [0.29, 0.717) is 5.92 Å². The minimum atomic E-state index is 0.240. The summed E-state index contributed by atoms with van der Waals surface area (Å²) in [6, 6.07) is 0. The molecule has 1 rings (SSSR count). The predicted molar refractivity (Wildman–Crippen MR) is 70.6 cm³/mol. The van der Waals surface area contributed by atoms with Crippen LogP contribution in [0.2, 0.25) is 0 Å². The first kappa shape index (κ1) is 13.8. The zero-order valence-corrected chi connectivity index (χ0v) is 11.3. The Hall–Kier alpha value is -0.300. The van der Waals surface area contributed by atoms with Crippen LogP contribution < -0.4 is 0 Å². The quantitative estimate of drug-likeness (QED) is 0.600. The SMILES string of the molecule is C=C(CC1CCCCC1)C(C)OCC(C)C. The van der Waals surface area contributed by atoms with Crippen molar-refractivity contribution in [1.82, 2.24) is 0 Å². The van der Waals surface area contributed by atoms with E-state index in [-0.39, 0.29) is 6.10 Å². The van der Waals surface area contributed by atoms with Crippen molar-refractivity contribution in [2.24, 2.45) is 11.8 Å². The molecule has 1 heteroatoms. The smallest absolute Gasteiger partial charge is 0.0754 e. The molecule has 0 radical (unpaired) electrons. The van der Waals surface area contributed by atoms with Crippen LogP contribution in [0, 0.1) is 11.8 Å². The summed E-state index contributed by atoms with van der Waals surface area (Å²) in [5, 5.41) is 0. The molecule has 0 aromatic heterocycles. The van der Waals surface area contributed by atoms with Gasteiger partial charge in [-0.15, -0.1) is 0 Å². The Morgan fingerprint density at radius 2 is 1.81 bits per heavy atom. The number of rotatable bonds is 6. The lowest BCUT2D eigenvalue weighted by atomic mass is 9.84. The van der Waals surface area contributed by atoms with Gasteiger partial charge in [0.15, 0.2) is 0 Å². The average Bonchev–Trinajstić information content (AvgIpc) is 2.27. The molecule has 0 saturated heterocycles. The fourth-order valence-corrected chi connectivity index (χ4v) is 2.38. The van der Waals surface area contributed by atoms with Crippen LogP contribution in [0.25, 0.3) is 0 Å². The highest BCUT2D eigenvalue weighted by Gasteiger charge is 2.17. The Bertz CT molecular complexity index is 201. The van der Waals surface area contributed by atoms with Crippen molar-refractivity contribution in [3.63, 3.8) is 0 Å². The number of hydrogen-bond acceptors (Lipinski definition) is 1. The maximum absolute atomic E-state index is 5.81. The number of hydrogen-bond donors (Lipinski definition) is 0. The first-order valence-electron chi connectivity index (χ1n) is 6.89. The van der Waals surface area contributed by atoms with Crippen molar-refractivity contribution in [2.75, 3.05) is 6.61 Å². The molecule has 0 aromatic rings. The standard InChI is InChI=1S/C15H28O/c1-12(2)11-16-14(4)13(3)10-15-8-6-5-7-9-15/h12,14-15H,3,5-11H2,1-2,4H3. The van der Waals surface area contributed by atoms with Crippen LogP contribution in [-0.4, -0.2) is 12.7 Å². The summed E-state index contributed by atoms with van der Waals surface area (Å²) in [6.07, 6.45) is 8.48. The van der Waals surface area contributed by atoms with Crippen LogP contribution in [0.1, 0.15) is 59.3 Å². The molecule has 16 heavy (non-hydrogen) atoms. The summed E-state index contributed by atoms with van der Waals surface area (Å²) in [5.74, 6) is 1.50. The maximum atomic E-state index is 5.81. The minimum Gasteiger partial charge on any atom is -0.374 e. The molecule has 0 aromatic carbocycles. The summed E-state index contributed by atoms with van der Waals surface area (Å²) in [4.78, 5) is 0. The van der Waals surface area contributed by atoms with Gasteiger partial charge < -0.3 is 4.74 Å². The second kappa shape index (κ2) is 7.11. The van der Waals surface area contributed by atoms with E-state index < -0.39 is 0 Å². The first-order valence-corrected chi connectivity index (χ1v) is 6.89. The van der Waals surface area contributed by atoms with Gasteiger partial charge >= 0.3 is 0 Å². The fraction of sp³-hybridized carbons (Fsp3) is 0.867. The Kier molecular flexibility index (Phi) is 6.12. The van der Waals surface area contributed by atoms with Gasteiger partial charge in [-0.3, -0.25) is 0 Å². The molecule has 0 aliphatic heterocycles. The molecule has 94 valence electrons. The van der Waals surface area contributed by atoms with Crippen LogP contribution in [0.4, 0.5) is 0 Å². The van der Waals surface area contributed by atoms with Gasteiger partial charge in [0, 0.05) is 6.61 Å². The highest BCUT2D eigenvalue weighted by atomic mass is 16.5. The molecule has 1 aliphatic rings. The third-order valence-electron chi connectivity index (χ3n) is 3.53. The normalized spacial score (nSPS) is 20.0. The van der Waals surface area contributed by atoms with E-state index in [1.807, 2.05) is 0 Å². The summed E-state index contributed by atoms with van der Waals surface area (Å²) < 4.78 is 5.81. The van der Waals surface area contributed by atoms with Gasteiger partial charge in [-0.05, 0) is 30.8 Å². The van der Waals surface area contributed by atoms with Crippen molar-refractivity contribution in [2.45, 2.75) is 65.4 Å². The van der Waals surface area contributed by atoms with Gasteiger partial charge in [-0.1, -0.05) is 52.5 Å². The summed E-state index contributed by atoms with van der Waals surface area (Å²) in [7, 11) is 0. The predicted octanol–water partition coefficient (Wildman–Crippen LogP) is 4.57. The lowest BCUT2D eigenvalue weighted by Crippen LogP contribution is -2.17. The first-order chi connectivity index (χ1) is 7.59. The summed E-state index contributed by atoms with van der Waals surface area (Å²) in [5.41, 5.74) is 1.30. The van der Waals surface area contributed by atoms with Crippen LogP contribution >= 0.6 is 0 Å². The van der Waals surface area contributed by atoms with Gasteiger partial charge in [-0.25, -0.2) is 0 Å². The van der Waals surface area contributed by atoms with E-state index in [2.05, 4.69) is 27.4 Å². The topological polar surface area (TPSA) is 9.23 Å². The Morgan fingerprint density at radius 3 is 2.38 bits per heavy atom. The zero-order valence-electron chi connectivity index (χ0n) is 11.3. The molecule has 0 amide bonds. The van der Waals surface area contributed by atoms with Crippen molar-refractivity contribution in [3.05, 3.63) is 12.2 Å². The third-order valence-corrected chi connectivity index (χ3v) is 3.53. The van der Waals surface area contributed by atoms with Crippen molar-refractivity contribution in [3.8, 4) is 0 Å². The molecule has 1 fully saturated rings. The molecule has 1 aliphatic carbocycles. The van der Waals surface area contributed by atoms with E-state index >= 15 is 0 Å². The molecule has 1 saturated carbocycles. The van der Waals surface area contributed by atoms with Crippen LogP contribution in [0.3, 0.4) is 0 Å². The molecular weight excluding hydrogens is 196 g/mol. The van der Waals surface area contributed by atoms with E-state index in [1.165, 1.54) is 44.1 Å². The number of ether oxygens (including phenoxy) is 1. The van der Waals surface area contributed by atoms with E-state index in [1.54, 1.807) is 0 Å². The molecule has 0 spiro atoms. The monoisotopic (exact) mass is 224 g/mol. The second-order valence-corrected chi connectivity index (χ2v) is 5.74. The molecule has 0 bridgehead atoms. The summed E-state index contributed by atoms with van der Waals surface area (Å²) in [6.45, 7) is 11.6. The van der Waals surface area contributed by atoms with Gasteiger partial charge in [0.2, 0.25) is 0 Å². The Labute approximate surface area is 101 Å². The maximum Gasteiger partial charge on any atom is 0.0754 e. The average molecular weight is 224 g/mol. The van der Waals surface area contributed by atoms with Gasteiger partial charge in [-0.2, -0.15) is 0 Å². The molecule has 1 atom stereocenters. The molecule has 0 heterocycles. The minimum absolute atomic E-state index is 0.240. The van der Waals surface area contributed by atoms with Gasteiger partial charge in [0.05, 0.1) is 6.10 Å². The molecular formula is C15H28O. The van der Waals surface area contributed by atoms with Crippen molar-refractivity contribution < 1.29 is 4.74 Å². The van der Waals surface area contributed by atoms with E-state index in [0.717, 1.165) is 12.5 Å².